The van der Waals surface area contributed by atoms with Crippen LogP contribution in [-0.2, 0) is 6.54 Å². The van der Waals surface area contributed by atoms with Gasteiger partial charge in [-0.1, -0.05) is 0 Å². The van der Waals surface area contributed by atoms with E-state index in [9.17, 15) is 0 Å². The Morgan fingerprint density at radius 3 is 2.62 bits per heavy atom. The van der Waals surface area contributed by atoms with E-state index in [1.165, 1.54) is 0 Å². The molecule has 2 heterocycles. The molecular weight excluding hydrogens is 166 g/mol. The first-order valence-electron chi connectivity index (χ1n) is 3.89. The lowest BCUT2D eigenvalue weighted by molar-refractivity contribution is 0.901. The number of aromatic nitrogens is 4. The summed E-state index contributed by atoms with van der Waals surface area (Å²) in [4.78, 5) is 12.1. The van der Waals surface area contributed by atoms with Crippen LogP contribution in [0.15, 0.2) is 31.1 Å². The third-order valence-corrected chi connectivity index (χ3v) is 1.66. The molecule has 0 bridgehead atoms. The van der Waals surface area contributed by atoms with Crippen molar-refractivity contribution in [3.63, 3.8) is 0 Å². The van der Waals surface area contributed by atoms with Gasteiger partial charge in [0, 0.05) is 36.9 Å². The zero-order valence-corrected chi connectivity index (χ0v) is 6.96. The first kappa shape index (κ1) is 7.88. The molecule has 0 unspecified atom stereocenters. The van der Waals surface area contributed by atoms with Gasteiger partial charge in [-0.15, -0.1) is 0 Å². The molecular formula is C8H9N5. The minimum atomic E-state index is 0.463. The number of hydrogen-bond acceptors (Lipinski definition) is 4. The van der Waals surface area contributed by atoms with Crippen LogP contribution < -0.4 is 5.73 Å². The Hall–Kier alpha value is -1.75. The summed E-state index contributed by atoms with van der Waals surface area (Å²) in [6.45, 7) is 0.463. The smallest absolute Gasteiger partial charge is 0.234 e. The van der Waals surface area contributed by atoms with Gasteiger partial charge >= 0.3 is 0 Å². The molecule has 2 aromatic heterocycles. The van der Waals surface area contributed by atoms with Crippen LogP contribution in [0.3, 0.4) is 0 Å². The van der Waals surface area contributed by atoms with E-state index in [4.69, 9.17) is 5.73 Å². The third-order valence-electron chi connectivity index (χ3n) is 1.66. The molecule has 13 heavy (non-hydrogen) atoms. The molecule has 2 N–H and O–H groups in total. The number of imidazole rings is 1. The second kappa shape index (κ2) is 3.32. The van der Waals surface area contributed by atoms with Crippen LogP contribution in [-0.4, -0.2) is 19.5 Å². The Balaban J connectivity index is 2.33. The summed E-state index contributed by atoms with van der Waals surface area (Å²) in [5, 5.41) is 0. The van der Waals surface area contributed by atoms with Crippen LogP contribution in [0, 0.1) is 0 Å². The lowest BCUT2D eigenvalue weighted by Crippen LogP contribution is -2.02. The fraction of sp³-hybridized carbons (Fsp3) is 0.125. The second-order valence-electron chi connectivity index (χ2n) is 2.57. The molecule has 0 saturated carbocycles. The molecule has 0 amide bonds. The molecule has 0 saturated heterocycles. The largest absolute Gasteiger partial charge is 0.326 e. The standard InChI is InChI=1S/C8H9N5/c9-3-7-4-11-8(12-5-7)13-2-1-10-6-13/h1-2,4-6H,3,9H2. The summed E-state index contributed by atoms with van der Waals surface area (Å²) in [5.74, 6) is 0.606. The Morgan fingerprint density at radius 2 is 2.08 bits per heavy atom. The first-order chi connectivity index (χ1) is 6.40. The lowest BCUT2D eigenvalue weighted by Gasteiger charge is -1.99. The van der Waals surface area contributed by atoms with Gasteiger partial charge in [-0.25, -0.2) is 15.0 Å². The van der Waals surface area contributed by atoms with Crippen molar-refractivity contribution in [3.05, 3.63) is 36.7 Å². The van der Waals surface area contributed by atoms with E-state index < -0.39 is 0 Å². The molecule has 0 radical (unpaired) electrons. The Labute approximate surface area is 75.3 Å². The maximum absolute atomic E-state index is 5.42. The molecule has 2 aromatic rings. The summed E-state index contributed by atoms with van der Waals surface area (Å²) < 4.78 is 1.74. The van der Waals surface area contributed by atoms with E-state index in [0.29, 0.717) is 12.5 Å². The molecule has 2 rings (SSSR count). The average molecular weight is 175 g/mol. The quantitative estimate of drug-likeness (QED) is 0.703. The number of nitrogens with two attached hydrogens (primary N) is 1. The van der Waals surface area contributed by atoms with E-state index in [2.05, 4.69) is 15.0 Å². The highest BCUT2D eigenvalue weighted by molar-refractivity contribution is 5.14. The van der Waals surface area contributed by atoms with Gasteiger partial charge in [0.25, 0.3) is 0 Å². The zero-order valence-electron chi connectivity index (χ0n) is 6.96. The van der Waals surface area contributed by atoms with Crippen molar-refractivity contribution in [2.75, 3.05) is 0 Å². The monoisotopic (exact) mass is 175 g/mol. The van der Waals surface area contributed by atoms with Crippen molar-refractivity contribution in [2.24, 2.45) is 5.73 Å². The predicted molar refractivity (Wildman–Crippen MR) is 47.0 cm³/mol. The van der Waals surface area contributed by atoms with E-state index >= 15 is 0 Å². The van der Waals surface area contributed by atoms with Crippen molar-refractivity contribution in [2.45, 2.75) is 6.54 Å². The topological polar surface area (TPSA) is 69.6 Å². The average Bonchev–Trinajstić information content (AvgIpc) is 2.71. The SMILES string of the molecule is NCc1cnc(-n2ccnc2)nc1. The van der Waals surface area contributed by atoms with Crippen LogP contribution in [0.5, 0.6) is 0 Å². The molecule has 5 heteroatoms. The van der Waals surface area contributed by atoms with Crippen LogP contribution in [0.1, 0.15) is 5.56 Å². The Kier molecular flexibility index (Phi) is 2.01. The third kappa shape index (κ3) is 1.54. The van der Waals surface area contributed by atoms with Crippen LogP contribution >= 0.6 is 0 Å². The lowest BCUT2D eigenvalue weighted by atomic mass is 10.3. The van der Waals surface area contributed by atoms with E-state index in [1.807, 2.05) is 0 Å². The van der Waals surface area contributed by atoms with E-state index in [1.54, 1.807) is 35.7 Å². The maximum atomic E-state index is 5.42. The highest BCUT2D eigenvalue weighted by Crippen LogP contribution is 1.99. The van der Waals surface area contributed by atoms with Gasteiger partial charge < -0.3 is 5.73 Å². The fourth-order valence-electron chi connectivity index (χ4n) is 0.964. The summed E-state index contributed by atoms with van der Waals surface area (Å²) in [6, 6.07) is 0. The minimum absolute atomic E-state index is 0.463. The molecule has 5 nitrogen and oxygen atoms in total. The molecule has 0 aliphatic heterocycles. The van der Waals surface area contributed by atoms with Crippen molar-refractivity contribution >= 4 is 0 Å². The van der Waals surface area contributed by atoms with E-state index in [-0.39, 0.29) is 0 Å². The van der Waals surface area contributed by atoms with Gasteiger partial charge in [0.15, 0.2) is 0 Å². The number of rotatable bonds is 2. The Morgan fingerprint density at radius 1 is 1.31 bits per heavy atom. The molecule has 0 atom stereocenters. The van der Waals surface area contributed by atoms with Crippen molar-refractivity contribution < 1.29 is 0 Å². The number of hydrogen-bond donors (Lipinski definition) is 1. The van der Waals surface area contributed by atoms with Gasteiger partial charge in [-0.05, 0) is 0 Å². The minimum Gasteiger partial charge on any atom is -0.326 e. The summed E-state index contributed by atoms with van der Waals surface area (Å²) in [5.41, 5.74) is 6.34. The predicted octanol–water partition coefficient (Wildman–Crippen LogP) is 0.121. The highest BCUT2D eigenvalue weighted by atomic mass is 15.2. The van der Waals surface area contributed by atoms with Gasteiger partial charge in [0.2, 0.25) is 5.95 Å². The molecule has 0 spiro atoms. The van der Waals surface area contributed by atoms with Crippen LogP contribution in [0.4, 0.5) is 0 Å². The van der Waals surface area contributed by atoms with Crippen molar-refractivity contribution in [1.29, 1.82) is 0 Å². The van der Waals surface area contributed by atoms with Crippen LogP contribution in [0.25, 0.3) is 5.95 Å². The summed E-state index contributed by atoms with van der Waals surface area (Å²) in [7, 11) is 0. The van der Waals surface area contributed by atoms with Crippen molar-refractivity contribution in [1.82, 2.24) is 19.5 Å². The maximum Gasteiger partial charge on any atom is 0.234 e. The first-order valence-corrected chi connectivity index (χ1v) is 3.89. The summed E-state index contributed by atoms with van der Waals surface area (Å²) >= 11 is 0. The number of nitrogens with zero attached hydrogens (tertiary/aromatic N) is 4. The van der Waals surface area contributed by atoms with Gasteiger partial charge in [0.05, 0.1) is 0 Å². The molecule has 0 aliphatic carbocycles. The Bertz CT molecular complexity index is 364. The van der Waals surface area contributed by atoms with E-state index in [0.717, 1.165) is 5.56 Å². The molecule has 0 aliphatic rings. The second-order valence-corrected chi connectivity index (χ2v) is 2.57. The summed E-state index contributed by atoms with van der Waals surface area (Å²) in [6.07, 6.45) is 8.54. The van der Waals surface area contributed by atoms with Crippen molar-refractivity contribution in [3.8, 4) is 5.95 Å². The fourth-order valence-corrected chi connectivity index (χ4v) is 0.964. The van der Waals surface area contributed by atoms with Gasteiger partial charge in [0.1, 0.15) is 6.33 Å². The molecule has 0 fully saturated rings. The zero-order chi connectivity index (χ0) is 9.10. The highest BCUT2D eigenvalue weighted by Gasteiger charge is 1.97. The molecule has 0 aromatic carbocycles. The molecule has 66 valence electrons. The van der Waals surface area contributed by atoms with Gasteiger partial charge in [-0.3, -0.25) is 4.57 Å². The van der Waals surface area contributed by atoms with Gasteiger partial charge in [-0.2, -0.15) is 0 Å². The normalized spacial score (nSPS) is 10.2. The van der Waals surface area contributed by atoms with Crippen LogP contribution in [0.2, 0.25) is 0 Å².